The highest BCUT2D eigenvalue weighted by atomic mass is 32.1. The molecule has 3 nitrogen and oxygen atoms in total. The molecule has 1 aromatic carbocycles. The van der Waals surface area contributed by atoms with Gasteiger partial charge in [0.2, 0.25) is 4.80 Å². The number of hydrogen-bond donors (Lipinski definition) is 0. The molecule has 3 rings (SSSR count). The zero-order valence-electron chi connectivity index (χ0n) is 12.2. The fraction of sp³-hybridized carbons (Fsp3) is 0.500. The largest absolute Gasteiger partial charge is 0.254 e. The van der Waals surface area contributed by atoms with E-state index in [-0.39, 0.29) is 0 Å². The van der Waals surface area contributed by atoms with Gasteiger partial charge in [0.25, 0.3) is 0 Å². The molecule has 106 valence electrons. The van der Waals surface area contributed by atoms with E-state index in [1.54, 1.807) is 11.3 Å². The summed E-state index contributed by atoms with van der Waals surface area (Å²) in [6.07, 6.45) is 6.48. The van der Waals surface area contributed by atoms with E-state index in [1.165, 1.54) is 43.2 Å². The normalized spacial score (nSPS) is 17.6. The van der Waals surface area contributed by atoms with Gasteiger partial charge in [0.15, 0.2) is 0 Å². The molecule has 4 heteroatoms. The highest BCUT2D eigenvalue weighted by Gasteiger charge is 2.13. The molecule has 1 aromatic heterocycles. The number of benzene rings is 1. The maximum atomic E-state index is 4.90. The number of rotatable bonds is 2. The van der Waals surface area contributed by atoms with Gasteiger partial charge in [-0.15, -0.1) is 0 Å². The Labute approximate surface area is 124 Å². The van der Waals surface area contributed by atoms with Gasteiger partial charge in [0.1, 0.15) is 5.01 Å². The molecule has 1 heterocycles. The second kappa shape index (κ2) is 5.92. The average Bonchev–Trinajstić information content (AvgIpc) is 2.82. The number of aryl methyl sites for hydroxylation is 2. The molecule has 0 spiro atoms. The Morgan fingerprint density at radius 2 is 1.85 bits per heavy atom. The van der Waals surface area contributed by atoms with Crippen LogP contribution in [0, 0.1) is 6.92 Å². The fourth-order valence-corrected chi connectivity index (χ4v) is 3.61. The van der Waals surface area contributed by atoms with E-state index in [4.69, 9.17) is 4.99 Å². The summed E-state index contributed by atoms with van der Waals surface area (Å²) in [4.78, 5) is 5.95. The molecule has 1 aliphatic rings. The number of aromatic nitrogens is 2. The lowest BCUT2D eigenvalue weighted by molar-refractivity contribution is 0.434. The molecule has 1 fully saturated rings. The second-order valence-electron chi connectivity index (χ2n) is 5.60. The van der Waals surface area contributed by atoms with Crippen molar-refractivity contribution in [3.63, 3.8) is 0 Å². The lowest BCUT2D eigenvalue weighted by Crippen LogP contribution is -2.18. The third-order valence-electron chi connectivity index (χ3n) is 3.87. The van der Waals surface area contributed by atoms with Crippen molar-refractivity contribution in [3.05, 3.63) is 34.6 Å². The molecule has 2 aromatic rings. The lowest BCUT2D eigenvalue weighted by atomic mass is 9.96. The average molecular weight is 287 g/mol. The Bertz CT molecular complexity index is 630. The van der Waals surface area contributed by atoms with E-state index >= 15 is 0 Å². The van der Waals surface area contributed by atoms with Gasteiger partial charge in [-0.3, -0.25) is 4.99 Å². The molecule has 20 heavy (non-hydrogen) atoms. The van der Waals surface area contributed by atoms with Crippen LogP contribution in [0.3, 0.4) is 0 Å². The topological polar surface area (TPSA) is 30.2 Å². The van der Waals surface area contributed by atoms with Crippen LogP contribution in [0.15, 0.2) is 29.3 Å². The Kier molecular flexibility index (Phi) is 4.01. The Morgan fingerprint density at radius 1 is 1.15 bits per heavy atom. The van der Waals surface area contributed by atoms with E-state index in [9.17, 15) is 0 Å². The summed E-state index contributed by atoms with van der Waals surface area (Å²) in [5.41, 5.74) is 2.46. The van der Waals surface area contributed by atoms with Gasteiger partial charge < -0.3 is 0 Å². The van der Waals surface area contributed by atoms with Crippen molar-refractivity contribution >= 4 is 11.3 Å². The first-order valence-corrected chi connectivity index (χ1v) is 8.19. The van der Waals surface area contributed by atoms with Crippen LogP contribution < -0.4 is 4.80 Å². The molecular weight excluding hydrogens is 266 g/mol. The quantitative estimate of drug-likeness (QED) is 0.828. The summed E-state index contributed by atoms with van der Waals surface area (Å²) in [5, 5.41) is 5.67. The molecule has 0 saturated heterocycles. The summed E-state index contributed by atoms with van der Waals surface area (Å²) in [5.74, 6) is 0. The summed E-state index contributed by atoms with van der Waals surface area (Å²) >= 11 is 1.70. The number of nitrogens with zero attached hydrogens (tertiary/aromatic N) is 3. The van der Waals surface area contributed by atoms with E-state index in [0.717, 1.165) is 9.81 Å². The van der Waals surface area contributed by atoms with Crippen LogP contribution in [-0.4, -0.2) is 15.8 Å². The summed E-state index contributed by atoms with van der Waals surface area (Å²) in [6.45, 7) is 2.11. The van der Waals surface area contributed by atoms with Crippen LogP contribution in [0.4, 0.5) is 0 Å². The Morgan fingerprint density at radius 3 is 2.55 bits per heavy atom. The molecule has 0 atom stereocenters. The van der Waals surface area contributed by atoms with Crippen LogP contribution in [-0.2, 0) is 7.05 Å². The van der Waals surface area contributed by atoms with Crippen molar-refractivity contribution in [3.8, 4) is 10.6 Å². The monoisotopic (exact) mass is 287 g/mol. The molecule has 0 aliphatic heterocycles. The third-order valence-corrected chi connectivity index (χ3v) is 4.93. The van der Waals surface area contributed by atoms with Crippen LogP contribution in [0.2, 0.25) is 0 Å². The molecule has 0 amide bonds. The minimum absolute atomic E-state index is 0.501. The van der Waals surface area contributed by atoms with Crippen LogP contribution in [0.25, 0.3) is 10.6 Å². The standard InChI is InChI=1S/C16H21N3S/c1-12-8-10-13(11-9-12)15-18-19(2)16(20-15)17-14-6-4-3-5-7-14/h8-11,14H,3-7H2,1-2H3. The highest BCUT2D eigenvalue weighted by Crippen LogP contribution is 2.22. The molecule has 0 bridgehead atoms. The van der Waals surface area contributed by atoms with E-state index in [2.05, 4.69) is 36.3 Å². The SMILES string of the molecule is Cc1ccc(-c2nn(C)c(=NC3CCCCC3)s2)cc1. The first kappa shape index (κ1) is 13.6. The van der Waals surface area contributed by atoms with Gasteiger partial charge in [-0.25, -0.2) is 4.68 Å². The zero-order valence-corrected chi connectivity index (χ0v) is 13.0. The van der Waals surface area contributed by atoms with Crippen LogP contribution >= 0.6 is 11.3 Å². The van der Waals surface area contributed by atoms with E-state index in [0.29, 0.717) is 6.04 Å². The van der Waals surface area contributed by atoms with Crippen molar-refractivity contribution in [2.24, 2.45) is 12.0 Å². The molecule has 0 unspecified atom stereocenters. The van der Waals surface area contributed by atoms with Crippen molar-refractivity contribution in [2.75, 3.05) is 0 Å². The highest BCUT2D eigenvalue weighted by molar-refractivity contribution is 7.12. The third kappa shape index (κ3) is 3.01. The van der Waals surface area contributed by atoms with Crippen molar-refractivity contribution in [1.82, 2.24) is 9.78 Å². The minimum atomic E-state index is 0.501. The van der Waals surface area contributed by atoms with E-state index in [1.807, 2.05) is 11.7 Å². The molecule has 0 N–H and O–H groups in total. The van der Waals surface area contributed by atoms with Gasteiger partial charge in [-0.2, -0.15) is 5.10 Å². The summed E-state index contributed by atoms with van der Waals surface area (Å²) in [6, 6.07) is 9.04. The molecular formula is C16H21N3S. The predicted molar refractivity (Wildman–Crippen MR) is 83.7 cm³/mol. The summed E-state index contributed by atoms with van der Waals surface area (Å²) < 4.78 is 1.93. The zero-order chi connectivity index (χ0) is 13.9. The van der Waals surface area contributed by atoms with Crippen molar-refractivity contribution < 1.29 is 0 Å². The van der Waals surface area contributed by atoms with Gasteiger partial charge in [0, 0.05) is 12.6 Å². The van der Waals surface area contributed by atoms with Crippen LogP contribution in [0.1, 0.15) is 37.7 Å². The maximum absolute atomic E-state index is 4.90. The van der Waals surface area contributed by atoms with Gasteiger partial charge in [-0.05, 0) is 19.8 Å². The first-order valence-electron chi connectivity index (χ1n) is 7.37. The van der Waals surface area contributed by atoms with Crippen LogP contribution in [0.5, 0.6) is 0 Å². The Balaban J connectivity index is 1.90. The van der Waals surface area contributed by atoms with Gasteiger partial charge in [-0.1, -0.05) is 60.4 Å². The minimum Gasteiger partial charge on any atom is -0.254 e. The second-order valence-corrected chi connectivity index (χ2v) is 6.56. The van der Waals surface area contributed by atoms with Crippen molar-refractivity contribution in [1.29, 1.82) is 0 Å². The molecule has 1 saturated carbocycles. The van der Waals surface area contributed by atoms with Crippen molar-refractivity contribution in [2.45, 2.75) is 45.1 Å². The van der Waals surface area contributed by atoms with Gasteiger partial charge >= 0.3 is 0 Å². The summed E-state index contributed by atoms with van der Waals surface area (Å²) in [7, 11) is 2.00. The first-order chi connectivity index (χ1) is 9.72. The maximum Gasteiger partial charge on any atom is 0.203 e. The van der Waals surface area contributed by atoms with E-state index < -0.39 is 0 Å². The molecule has 0 radical (unpaired) electrons. The lowest BCUT2D eigenvalue weighted by Gasteiger charge is -2.16. The smallest absolute Gasteiger partial charge is 0.203 e. The Hall–Kier alpha value is -1.42. The number of hydrogen-bond acceptors (Lipinski definition) is 3. The van der Waals surface area contributed by atoms with Gasteiger partial charge in [0.05, 0.1) is 6.04 Å². The molecule has 1 aliphatic carbocycles. The predicted octanol–water partition coefficient (Wildman–Crippen LogP) is 3.69. The fourth-order valence-electron chi connectivity index (χ4n) is 2.64.